The van der Waals surface area contributed by atoms with Crippen LogP contribution in [0.4, 0.5) is 0 Å². The minimum Gasteiger partial charge on any atom is -0.461 e. The van der Waals surface area contributed by atoms with Crippen molar-refractivity contribution in [3.8, 4) is 0 Å². The highest BCUT2D eigenvalue weighted by Crippen LogP contribution is 2.53. The van der Waals surface area contributed by atoms with Crippen molar-refractivity contribution in [2.24, 2.45) is 23.2 Å². The van der Waals surface area contributed by atoms with Gasteiger partial charge in [-0.1, -0.05) is 38.7 Å². The Balaban J connectivity index is 2.47. The minimum absolute atomic E-state index is 0.233. The van der Waals surface area contributed by atoms with E-state index in [1.54, 1.807) is 19.9 Å². The van der Waals surface area contributed by atoms with Gasteiger partial charge in [0.2, 0.25) is 0 Å². The molecule has 6 atom stereocenters. The number of fused-ring (bicyclic) bond motifs is 1. The lowest BCUT2D eigenvalue weighted by Gasteiger charge is -2.47. The van der Waals surface area contributed by atoms with Crippen LogP contribution in [0.3, 0.4) is 0 Å². The summed E-state index contributed by atoms with van der Waals surface area (Å²) in [5, 5.41) is 0. The maximum absolute atomic E-state index is 12.3. The van der Waals surface area contributed by atoms with E-state index in [0.29, 0.717) is 6.42 Å². The van der Waals surface area contributed by atoms with Crippen LogP contribution in [0.25, 0.3) is 0 Å². The van der Waals surface area contributed by atoms with Crippen molar-refractivity contribution in [3.05, 3.63) is 37.0 Å². The number of aldehydes is 1. The zero-order valence-electron chi connectivity index (χ0n) is 15.1. The average molecular weight is 346 g/mol. The van der Waals surface area contributed by atoms with Gasteiger partial charge in [0.1, 0.15) is 18.5 Å². The molecule has 0 aromatic rings. The summed E-state index contributed by atoms with van der Waals surface area (Å²) in [6.07, 6.45) is 1.93. The molecule has 1 saturated carbocycles. The molecule has 6 unspecified atom stereocenters. The topological polar surface area (TPSA) is 69.7 Å². The molecule has 0 amide bonds. The van der Waals surface area contributed by atoms with E-state index in [-0.39, 0.29) is 23.9 Å². The van der Waals surface area contributed by atoms with Gasteiger partial charge in [0.25, 0.3) is 0 Å². The second-order valence-corrected chi connectivity index (χ2v) is 7.17. The highest BCUT2D eigenvalue weighted by Gasteiger charge is 2.59. The molecule has 25 heavy (non-hydrogen) atoms. The Morgan fingerprint density at radius 3 is 2.64 bits per heavy atom. The van der Waals surface area contributed by atoms with E-state index in [4.69, 9.17) is 9.47 Å². The molecule has 1 aliphatic carbocycles. The summed E-state index contributed by atoms with van der Waals surface area (Å²) in [6.45, 7) is 17.1. The van der Waals surface area contributed by atoms with E-state index < -0.39 is 35.4 Å². The van der Waals surface area contributed by atoms with Crippen LogP contribution < -0.4 is 0 Å². The Bertz CT molecular complexity index is 624. The fraction of sp³-hybridized carbons (Fsp3) is 0.550. The van der Waals surface area contributed by atoms with Crippen LogP contribution in [0.2, 0.25) is 0 Å². The zero-order valence-corrected chi connectivity index (χ0v) is 15.1. The molecule has 0 radical (unpaired) electrons. The first kappa shape index (κ1) is 19.2. The lowest BCUT2D eigenvalue weighted by atomic mass is 9.59. The van der Waals surface area contributed by atoms with Gasteiger partial charge in [0.05, 0.1) is 17.3 Å². The van der Waals surface area contributed by atoms with Crippen LogP contribution in [0.1, 0.15) is 33.6 Å². The number of allylic oxidation sites excluding steroid dienone is 1. The van der Waals surface area contributed by atoms with Crippen molar-refractivity contribution >= 4 is 18.2 Å². The van der Waals surface area contributed by atoms with Crippen molar-refractivity contribution < 1.29 is 23.9 Å². The third kappa shape index (κ3) is 3.08. The van der Waals surface area contributed by atoms with E-state index in [1.807, 2.05) is 6.92 Å². The summed E-state index contributed by atoms with van der Waals surface area (Å²) in [7, 11) is 0. The number of hydrogen-bond donors (Lipinski definition) is 0. The van der Waals surface area contributed by atoms with E-state index in [0.717, 1.165) is 11.9 Å². The second-order valence-electron chi connectivity index (χ2n) is 7.17. The van der Waals surface area contributed by atoms with Crippen LogP contribution in [0, 0.1) is 23.2 Å². The number of carbonyl (C=O) groups excluding carboxylic acids is 3. The molecule has 1 heterocycles. The number of ether oxygens (including phenoxy) is 2. The second kappa shape index (κ2) is 6.98. The predicted octanol–water partition coefficient (Wildman–Crippen LogP) is 3.01. The van der Waals surface area contributed by atoms with Crippen LogP contribution >= 0.6 is 0 Å². The van der Waals surface area contributed by atoms with Crippen molar-refractivity contribution in [2.75, 3.05) is 0 Å². The maximum Gasteiger partial charge on any atom is 0.334 e. The van der Waals surface area contributed by atoms with Gasteiger partial charge in [-0.15, -0.1) is 6.58 Å². The van der Waals surface area contributed by atoms with E-state index in [2.05, 4.69) is 19.7 Å². The molecule has 1 aliphatic heterocycles. The summed E-state index contributed by atoms with van der Waals surface area (Å²) in [5.74, 6) is -2.03. The lowest BCUT2D eigenvalue weighted by Crippen LogP contribution is -2.53. The van der Waals surface area contributed by atoms with Gasteiger partial charge in [0, 0.05) is 17.9 Å². The fourth-order valence-electron chi connectivity index (χ4n) is 3.89. The monoisotopic (exact) mass is 346 g/mol. The molecule has 0 bridgehead atoms. The molecule has 136 valence electrons. The molecule has 0 N–H and O–H groups in total. The maximum atomic E-state index is 12.3. The summed E-state index contributed by atoms with van der Waals surface area (Å²) in [4.78, 5) is 36.4. The number of carbonyl (C=O) groups is 3. The molecule has 0 aromatic carbocycles. The number of esters is 2. The van der Waals surface area contributed by atoms with Crippen LogP contribution in [-0.2, 0) is 23.9 Å². The Kier molecular flexibility index (Phi) is 5.35. The molecular formula is C20H26O5. The van der Waals surface area contributed by atoms with Crippen LogP contribution in [0.15, 0.2) is 37.0 Å². The first-order chi connectivity index (χ1) is 11.7. The largest absolute Gasteiger partial charge is 0.461 e. The van der Waals surface area contributed by atoms with Gasteiger partial charge >= 0.3 is 11.9 Å². The average Bonchev–Trinajstić information content (AvgIpc) is 2.87. The van der Waals surface area contributed by atoms with Gasteiger partial charge in [-0.2, -0.15) is 0 Å². The molecule has 2 aliphatic rings. The van der Waals surface area contributed by atoms with Crippen molar-refractivity contribution in [1.29, 1.82) is 0 Å². The van der Waals surface area contributed by atoms with Gasteiger partial charge < -0.3 is 14.3 Å². The Hall–Kier alpha value is -2.17. The normalized spacial score (nSPS) is 35.3. The molecule has 1 saturated heterocycles. The fourth-order valence-corrected chi connectivity index (χ4v) is 3.89. The van der Waals surface area contributed by atoms with E-state index >= 15 is 0 Å². The summed E-state index contributed by atoms with van der Waals surface area (Å²) < 4.78 is 11.2. The van der Waals surface area contributed by atoms with Gasteiger partial charge in [0.15, 0.2) is 0 Å². The molecule has 5 nitrogen and oxygen atoms in total. The van der Waals surface area contributed by atoms with Crippen molar-refractivity contribution in [2.45, 2.75) is 45.8 Å². The van der Waals surface area contributed by atoms with Crippen molar-refractivity contribution in [1.82, 2.24) is 0 Å². The molecule has 2 fully saturated rings. The van der Waals surface area contributed by atoms with Gasteiger partial charge in [-0.25, -0.2) is 4.79 Å². The lowest BCUT2D eigenvalue weighted by molar-refractivity contribution is -0.168. The summed E-state index contributed by atoms with van der Waals surface area (Å²) in [6, 6.07) is 0. The third-order valence-corrected chi connectivity index (χ3v) is 5.54. The molecule has 2 rings (SSSR count). The van der Waals surface area contributed by atoms with E-state index in [1.165, 1.54) is 0 Å². The summed E-state index contributed by atoms with van der Waals surface area (Å²) in [5.41, 5.74) is -0.00357. The first-order valence-corrected chi connectivity index (χ1v) is 8.58. The van der Waals surface area contributed by atoms with Gasteiger partial charge in [-0.05, 0) is 13.3 Å². The summed E-state index contributed by atoms with van der Waals surface area (Å²) >= 11 is 0. The molecular weight excluding hydrogens is 320 g/mol. The SMILES string of the molecule is C=CC1(C=O)CC(OC(=O)C(C)CC)C2C(=C)C(=O)OC2C1C(=C)C. The molecule has 5 heteroatoms. The standard InChI is InChI=1S/C20H26O5/c1-7-12(5)18(22)24-14-9-20(8-2,10-21)16(11(3)4)17-15(14)13(6)19(23)25-17/h8,10,12,14-17H,2-3,6-7,9H2,1,4-5H3. The first-order valence-electron chi connectivity index (χ1n) is 8.58. The third-order valence-electron chi connectivity index (χ3n) is 5.54. The Labute approximate surface area is 148 Å². The minimum atomic E-state index is -1.00. The smallest absolute Gasteiger partial charge is 0.334 e. The number of hydrogen-bond acceptors (Lipinski definition) is 5. The quantitative estimate of drug-likeness (QED) is 0.320. The van der Waals surface area contributed by atoms with Crippen LogP contribution in [0.5, 0.6) is 0 Å². The predicted molar refractivity (Wildman–Crippen MR) is 93.5 cm³/mol. The van der Waals surface area contributed by atoms with Gasteiger partial charge in [-0.3, -0.25) is 4.79 Å². The molecule has 0 spiro atoms. The zero-order chi connectivity index (χ0) is 18.9. The van der Waals surface area contributed by atoms with Crippen LogP contribution in [-0.4, -0.2) is 30.4 Å². The van der Waals surface area contributed by atoms with Crippen molar-refractivity contribution in [3.63, 3.8) is 0 Å². The molecule has 0 aromatic heterocycles. The number of rotatable bonds is 6. The Morgan fingerprint density at radius 1 is 1.52 bits per heavy atom. The Morgan fingerprint density at radius 2 is 2.16 bits per heavy atom. The van der Waals surface area contributed by atoms with E-state index in [9.17, 15) is 14.4 Å². The highest BCUT2D eigenvalue weighted by molar-refractivity contribution is 5.91. The highest BCUT2D eigenvalue weighted by atomic mass is 16.6.